The molecule has 4 fully saturated rings. The van der Waals surface area contributed by atoms with Crippen LogP contribution in [0.3, 0.4) is 0 Å². The molecule has 2 heterocycles. The second-order valence-corrected chi connectivity index (χ2v) is 18.4. The molecule has 2 saturated heterocycles. The van der Waals surface area contributed by atoms with Gasteiger partial charge in [-0.2, -0.15) is 4.62 Å². The van der Waals surface area contributed by atoms with Gasteiger partial charge >= 0.3 is 7.82 Å². The van der Waals surface area contributed by atoms with Gasteiger partial charge in [0.2, 0.25) is 0 Å². The van der Waals surface area contributed by atoms with E-state index >= 15 is 0 Å². The zero-order chi connectivity index (χ0) is 37.5. The highest BCUT2D eigenvalue weighted by Gasteiger charge is 2.47. The molecule has 2 aliphatic heterocycles. The number of aliphatic hydroxyl groups is 1. The van der Waals surface area contributed by atoms with Crippen molar-refractivity contribution in [2.45, 2.75) is 151 Å². The van der Waals surface area contributed by atoms with E-state index in [1.807, 2.05) is 0 Å². The third-order valence-corrected chi connectivity index (χ3v) is 14.9. The molecule has 2 saturated carbocycles. The number of methoxy groups -OCH3 is 2. The van der Waals surface area contributed by atoms with E-state index in [9.17, 15) is 9.67 Å². The first-order valence-corrected chi connectivity index (χ1v) is 21.8. The number of ether oxygens (including phenoxy) is 4. The zero-order valence-electron chi connectivity index (χ0n) is 33.8. The predicted molar refractivity (Wildman–Crippen MR) is 200 cm³/mol. The van der Waals surface area contributed by atoms with Crippen LogP contribution in [0.2, 0.25) is 0 Å². The molecule has 0 aromatic rings. The number of hydrogen-bond acceptors (Lipinski definition) is 10. The number of aliphatic hydroxyl groups excluding tert-OH is 1. The minimum atomic E-state index is -3.95. The summed E-state index contributed by atoms with van der Waals surface area (Å²) in [5.41, 5.74) is 3.76. The van der Waals surface area contributed by atoms with Gasteiger partial charge in [0.1, 0.15) is 5.76 Å². The van der Waals surface area contributed by atoms with Crippen molar-refractivity contribution in [1.82, 2.24) is 5.48 Å². The van der Waals surface area contributed by atoms with E-state index < -0.39 is 13.9 Å². The average molecular weight is 744 g/mol. The van der Waals surface area contributed by atoms with Crippen LogP contribution in [0, 0.1) is 59.2 Å². The Balaban J connectivity index is 1.69. The van der Waals surface area contributed by atoms with Crippen LogP contribution in [0.1, 0.15) is 120 Å². The lowest BCUT2D eigenvalue weighted by atomic mass is 9.60. The molecule has 4 rings (SSSR count). The number of rotatable bonds is 15. The lowest BCUT2D eigenvalue weighted by molar-refractivity contribution is -0.104. The van der Waals surface area contributed by atoms with Crippen molar-refractivity contribution >= 4 is 7.82 Å². The van der Waals surface area contributed by atoms with Gasteiger partial charge in [-0.05, 0) is 126 Å². The van der Waals surface area contributed by atoms with Crippen LogP contribution in [-0.4, -0.2) is 69.7 Å². The summed E-state index contributed by atoms with van der Waals surface area (Å²) in [5.74, 6) is 4.26. The van der Waals surface area contributed by atoms with Crippen LogP contribution in [0.25, 0.3) is 0 Å². The second kappa shape index (κ2) is 19.7. The molecular weight excluding hydrogens is 669 g/mol. The Bertz CT molecular complexity index is 1140. The lowest BCUT2D eigenvalue weighted by Crippen LogP contribution is -2.47. The van der Waals surface area contributed by atoms with Crippen molar-refractivity contribution in [3.05, 3.63) is 11.5 Å². The summed E-state index contributed by atoms with van der Waals surface area (Å²) in [6, 6.07) is 0. The summed E-state index contributed by atoms with van der Waals surface area (Å²) in [6.07, 6.45) is 8.55. The van der Waals surface area contributed by atoms with E-state index in [0.717, 1.165) is 50.9 Å². The number of hydrogen-bond donors (Lipinski definition) is 2. The van der Waals surface area contributed by atoms with Gasteiger partial charge in [0.25, 0.3) is 0 Å². The first kappa shape index (κ1) is 43.0. The molecule has 298 valence electrons. The molecule has 51 heavy (non-hydrogen) atoms. The highest BCUT2D eigenvalue weighted by Crippen LogP contribution is 2.52. The van der Waals surface area contributed by atoms with Gasteiger partial charge in [0.05, 0.1) is 63.1 Å². The molecule has 15 unspecified atom stereocenters. The van der Waals surface area contributed by atoms with Gasteiger partial charge in [-0.1, -0.05) is 40.5 Å². The fraction of sp³-hybridized carbons (Fsp3) is 0.950. The van der Waals surface area contributed by atoms with Crippen LogP contribution in [-0.2, 0) is 37.2 Å². The Hall–Kier alpha value is -0.710. The van der Waals surface area contributed by atoms with E-state index in [4.69, 9.17) is 32.6 Å². The Morgan fingerprint density at radius 3 is 2.04 bits per heavy atom. The number of hydroxylamine groups is 1. The standard InChI is InChI=1S/C40H74NO9P/c1-12-48-51(43,49-24(2)3)50-41-36(21-38(44-10)29(8)33-17-13-25(4)31-19-15-27(6)46-22-35(31)33)40(45-11)30(9)34-18-14-26(5)32-20-16-28(7)47-23-37(42)39(32)34/h24-35,37-39,41-42H,12-23H2,1-11H3/b40-36+. The largest absolute Gasteiger partial charge is 0.499 e. The summed E-state index contributed by atoms with van der Waals surface area (Å²) in [4.78, 5) is 0. The van der Waals surface area contributed by atoms with Gasteiger partial charge in [-0.15, -0.1) is 0 Å². The summed E-state index contributed by atoms with van der Waals surface area (Å²) in [6.45, 7) is 20.3. The fourth-order valence-electron chi connectivity index (χ4n) is 10.4. The van der Waals surface area contributed by atoms with Crippen LogP contribution in [0.4, 0.5) is 0 Å². The SMILES string of the molecule is CCOP(=O)(ON/C(CC(OC)C(C)C1CCC(C)C2CCC(C)OCC21)=C(/OC)C(C)C1CCC(C)C2CCC(C)OCC(O)C21)OC(C)C. The third kappa shape index (κ3) is 11.0. The highest BCUT2D eigenvalue weighted by molar-refractivity contribution is 7.48. The second-order valence-electron chi connectivity index (χ2n) is 16.9. The Labute approximate surface area is 310 Å². The first-order chi connectivity index (χ1) is 24.2. The van der Waals surface area contributed by atoms with Crippen molar-refractivity contribution in [3.8, 4) is 0 Å². The van der Waals surface area contributed by atoms with Crippen LogP contribution >= 0.6 is 7.82 Å². The third-order valence-electron chi connectivity index (χ3n) is 13.3. The molecule has 0 amide bonds. The highest BCUT2D eigenvalue weighted by atomic mass is 31.2. The fourth-order valence-corrected chi connectivity index (χ4v) is 11.6. The van der Waals surface area contributed by atoms with E-state index in [2.05, 4.69) is 47.0 Å². The Morgan fingerprint density at radius 2 is 1.43 bits per heavy atom. The monoisotopic (exact) mass is 744 g/mol. The predicted octanol–water partition coefficient (Wildman–Crippen LogP) is 8.93. The minimum absolute atomic E-state index is 0.0679. The van der Waals surface area contributed by atoms with Crippen LogP contribution < -0.4 is 5.48 Å². The van der Waals surface area contributed by atoms with Gasteiger partial charge in [0.15, 0.2) is 0 Å². The molecule has 15 atom stereocenters. The van der Waals surface area contributed by atoms with Crippen molar-refractivity contribution in [2.75, 3.05) is 34.0 Å². The van der Waals surface area contributed by atoms with Crippen molar-refractivity contribution in [1.29, 1.82) is 0 Å². The summed E-state index contributed by atoms with van der Waals surface area (Å²) in [7, 11) is -0.467. The zero-order valence-corrected chi connectivity index (χ0v) is 34.7. The topological polar surface area (TPSA) is 114 Å². The van der Waals surface area contributed by atoms with E-state index in [1.54, 1.807) is 35.0 Å². The number of fused-ring (bicyclic) bond motifs is 2. The first-order valence-electron chi connectivity index (χ1n) is 20.3. The molecule has 0 aromatic carbocycles. The maximum absolute atomic E-state index is 13.8. The molecule has 4 aliphatic rings. The molecule has 0 bridgehead atoms. The molecule has 0 radical (unpaired) electrons. The average Bonchev–Trinajstić information content (AvgIpc) is 3.28. The van der Waals surface area contributed by atoms with E-state index in [-0.39, 0.29) is 48.6 Å². The minimum Gasteiger partial charge on any atom is -0.499 e. The number of phosphoric ester groups is 1. The summed E-state index contributed by atoms with van der Waals surface area (Å²) in [5, 5.41) is 11.6. The summed E-state index contributed by atoms with van der Waals surface area (Å²) < 4.78 is 56.1. The maximum atomic E-state index is 13.8. The Kier molecular flexibility index (Phi) is 16.7. The summed E-state index contributed by atoms with van der Waals surface area (Å²) >= 11 is 0. The molecule has 11 heteroatoms. The van der Waals surface area contributed by atoms with Gasteiger partial charge in [-0.25, -0.2) is 4.57 Å². The van der Waals surface area contributed by atoms with E-state index in [0.29, 0.717) is 60.3 Å². The number of allylic oxidation sites excluding steroid dienone is 1. The quantitative estimate of drug-likeness (QED) is 0.0958. The normalized spacial score (nSPS) is 38.4. The molecule has 10 nitrogen and oxygen atoms in total. The van der Waals surface area contributed by atoms with Crippen molar-refractivity contribution in [2.24, 2.45) is 59.2 Å². The molecule has 2 aliphatic carbocycles. The van der Waals surface area contributed by atoms with Crippen molar-refractivity contribution < 1.29 is 42.3 Å². The van der Waals surface area contributed by atoms with Gasteiger partial charge in [0, 0.05) is 19.4 Å². The molecule has 2 N–H and O–H groups in total. The Morgan fingerprint density at radius 1 is 0.824 bits per heavy atom. The number of phosphoric acid groups is 1. The van der Waals surface area contributed by atoms with Gasteiger partial charge < -0.3 is 24.1 Å². The molecular formula is C40H74NO9P. The van der Waals surface area contributed by atoms with E-state index in [1.165, 1.54) is 12.8 Å². The van der Waals surface area contributed by atoms with Gasteiger partial charge in [-0.3, -0.25) is 14.5 Å². The van der Waals surface area contributed by atoms with Crippen LogP contribution in [0.15, 0.2) is 11.5 Å². The van der Waals surface area contributed by atoms with Crippen molar-refractivity contribution in [3.63, 3.8) is 0 Å². The lowest BCUT2D eigenvalue weighted by Gasteiger charge is -2.48. The smallest absolute Gasteiger partial charge is 0.496 e. The number of nitrogens with one attached hydrogen (secondary N) is 1. The van der Waals surface area contributed by atoms with Crippen LogP contribution in [0.5, 0.6) is 0 Å². The molecule has 0 aromatic heterocycles. The maximum Gasteiger partial charge on any atom is 0.496 e. The molecule has 0 spiro atoms.